The number of hydrogen-bond acceptors (Lipinski definition) is 5. The fourth-order valence-corrected chi connectivity index (χ4v) is 2.81. The van der Waals surface area contributed by atoms with Crippen LogP contribution in [-0.2, 0) is 14.8 Å². The van der Waals surface area contributed by atoms with Crippen LogP contribution in [-0.4, -0.2) is 50.6 Å². The summed E-state index contributed by atoms with van der Waals surface area (Å²) >= 11 is 0. The number of aromatic nitrogens is 1. The number of nitrogens with zero attached hydrogens (tertiary/aromatic N) is 1. The third-order valence-corrected chi connectivity index (χ3v) is 4.26. The van der Waals surface area contributed by atoms with Crippen LogP contribution < -0.4 is 14.8 Å². The number of hydrogen-bond donors (Lipinski definition) is 2. The van der Waals surface area contributed by atoms with Gasteiger partial charge in [0.2, 0.25) is 21.8 Å². The third-order valence-electron chi connectivity index (χ3n) is 2.91. The van der Waals surface area contributed by atoms with Gasteiger partial charge in [0.1, 0.15) is 0 Å². The van der Waals surface area contributed by atoms with Crippen LogP contribution in [0.3, 0.4) is 0 Å². The van der Waals surface area contributed by atoms with E-state index in [0.29, 0.717) is 0 Å². The van der Waals surface area contributed by atoms with Gasteiger partial charge in [-0.3, -0.25) is 4.79 Å². The second-order valence-electron chi connectivity index (χ2n) is 5.56. The number of carbonyl (C=O) groups excluding carboxylic acids is 1. The summed E-state index contributed by atoms with van der Waals surface area (Å²) < 4.78 is 101. The number of unbranched alkanes of at least 4 members (excludes halogenated alkanes) is 1. The fraction of sp³-hybridized carbons (Fsp3) is 0.571. The highest BCUT2D eigenvalue weighted by molar-refractivity contribution is 7.89. The van der Waals surface area contributed by atoms with E-state index >= 15 is 0 Å². The number of alkyl halides is 6. The van der Waals surface area contributed by atoms with Gasteiger partial charge in [0.15, 0.2) is 12.4 Å². The lowest BCUT2D eigenvalue weighted by atomic mass is 10.2. The Balaban J connectivity index is 2.28. The summed E-state index contributed by atoms with van der Waals surface area (Å²) in [5, 5.41) is 2.41. The Morgan fingerprint density at radius 1 is 1.07 bits per heavy atom. The van der Waals surface area contributed by atoms with Gasteiger partial charge in [0.25, 0.3) is 0 Å². The van der Waals surface area contributed by atoms with E-state index in [1.807, 2.05) is 0 Å². The first kappa shape index (κ1) is 23.9. The second-order valence-corrected chi connectivity index (χ2v) is 7.37. The molecule has 0 saturated heterocycles. The molecule has 0 saturated carbocycles. The van der Waals surface area contributed by atoms with Gasteiger partial charge >= 0.3 is 12.4 Å². The Labute approximate surface area is 156 Å². The lowest BCUT2D eigenvalue weighted by Gasteiger charge is -2.10. The molecule has 0 spiro atoms. The lowest BCUT2D eigenvalue weighted by molar-refractivity contribution is -0.154. The van der Waals surface area contributed by atoms with Gasteiger partial charge in [-0.15, -0.1) is 0 Å². The Bertz CT molecular complexity index is 735. The van der Waals surface area contributed by atoms with Crippen molar-refractivity contribution in [1.29, 1.82) is 0 Å². The Morgan fingerprint density at radius 3 is 2.29 bits per heavy atom. The molecule has 1 amide bonds. The van der Waals surface area contributed by atoms with Gasteiger partial charge in [-0.1, -0.05) is 0 Å². The van der Waals surface area contributed by atoms with E-state index in [4.69, 9.17) is 0 Å². The summed E-state index contributed by atoms with van der Waals surface area (Å²) in [6, 6.07) is 2.42. The zero-order chi connectivity index (χ0) is 21.4. The molecule has 0 aliphatic heterocycles. The number of sulfonamides is 1. The molecule has 14 heteroatoms. The van der Waals surface area contributed by atoms with Crippen LogP contribution >= 0.6 is 0 Å². The maximum Gasteiger partial charge on any atom is 0.422 e. The molecule has 1 aromatic heterocycles. The molecule has 0 unspecified atom stereocenters. The zero-order valence-corrected chi connectivity index (χ0v) is 15.0. The summed E-state index contributed by atoms with van der Waals surface area (Å²) in [6.45, 7) is -1.75. The minimum Gasteiger partial charge on any atom is -0.468 e. The maximum absolute atomic E-state index is 12.0. The average Bonchev–Trinajstić information content (AvgIpc) is 2.50. The molecular formula is C14H17F6N3O4S. The van der Waals surface area contributed by atoms with Crippen LogP contribution in [0.4, 0.5) is 32.0 Å². The van der Waals surface area contributed by atoms with Crippen molar-refractivity contribution >= 4 is 21.6 Å². The van der Waals surface area contributed by atoms with Gasteiger partial charge in [0, 0.05) is 19.0 Å². The molecule has 0 radical (unpaired) electrons. The van der Waals surface area contributed by atoms with Crippen LogP contribution in [0, 0.1) is 0 Å². The molecule has 1 aromatic rings. The van der Waals surface area contributed by atoms with E-state index in [9.17, 15) is 39.6 Å². The molecule has 2 N–H and O–H groups in total. The minimum atomic E-state index is -4.84. The summed E-state index contributed by atoms with van der Waals surface area (Å²) in [5.41, 5.74) is 0.204. The largest absolute Gasteiger partial charge is 0.468 e. The highest BCUT2D eigenvalue weighted by Gasteiger charge is 2.34. The normalized spacial score (nSPS) is 12.6. The van der Waals surface area contributed by atoms with Crippen LogP contribution in [0.2, 0.25) is 0 Å². The molecule has 0 aromatic carbocycles. The highest BCUT2D eigenvalue weighted by atomic mass is 32.2. The minimum absolute atomic E-state index is 0.0483. The number of anilines is 1. The molecule has 0 aliphatic carbocycles. The maximum atomic E-state index is 12.0. The smallest absolute Gasteiger partial charge is 0.422 e. The van der Waals surface area contributed by atoms with Gasteiger partial charge in [-0.05, 0) is 18.9 Å². The van der Waals surface area contributed by atoms with Crippen molar-refractivity contribution in [3.63, 3.8) is 0 Å². The lowest BCUT2D eigenvalue weighted by Crippen LogP contribution is -2.34. The molecule has 0 aliphatic rings. The fourth-order valence-electron chi connectivity index (χ4n) is 1.82. The number of carbonyl (C=O) groups is 1. The molecule has 0 bridgehead atoms. The van der Waals surface area contributed by atoms with E-state index in [-0.39, 0.29) is 37.4 Å². The van der Waals surface area contributed by atoms with Crippen molar-refractivity contribution in [1.82, 2.24) is 9.71 Å². The first-order valence-electron chi connectivity index (χ1n) is 7.75. The van der Waals surface area contributed by atoms with E-state index < -0.39 is 40.6 Å². The standard InChI is InChI=1S/C14H17F6N3O4S/c15-13(16,17)8-27-12-5-4-10(7-21-12)23-11(24)3-1-2-6-22-28(25,26)9-14(18,19)20/h4-5,7,22H,1-3,6,8-9H2,(H,23,24). The van der Waals surface area contributed by atoms with Crippen molar-refractivity contribution in [2.45, 2.75) is 31.6 Å². The van der Waals surface area contributed by atoms with Crippen LogP contribution in [0.1, 0.15) is 19.3 Å². The monoisotopic (exact) mass is 437 g/mol. The number of ether oxygens (including phenoxy) is 1. The molecule has 28 heavy (non-hydrogen) atoms. The molecular weight excluding hydrogens is 420 g/mol. The van der Waals surface area contributed by atoms with Crippen molar-refractivity contribution < 1.29 is 44.3 Å². The number of halogens is 6. The van der Waals surface area contributed by atoms with Crippen molar-refractivity contribution in [3.05, 3.63) is 18.3 Å². The quantitative estimate of drug-likeness (QED) is 0.433. The molecule has 1 rings (SSSR count). The number of amides is 1. The number of pyridine rings is 1. The Hall–Kier alpha value is -2.09. The topological polar surface area (TPSA) is 97.4 Å². The predicted molar refractivity (Wildman–Crippen MR) is 86.1 cm³/mol. The summed E-state index contributed by atoms with van der Waals surface area (Å²) in [5.74, 6) is -2.73. The Morgan fingerprint density at radius 2 is 1.75 bits per heavy atom. The SMILES string of the molecule is O=C(CCCCNS(=O)(=O)CC(F)(F)F)Nc1ccc(OCC(F)(F)F)nc1. The van der Waals surface area contributed by atoms with Gasteiger partial charge in [-0.2, -0.15) is 26.3 Å². The molecule has 160 valence electrons. The van der Waals surface area contributed by atoms with Crippen molar-refractivity contribution in [3.8, 4) is 5.88 Å². The first-order valence-corrected chi connectivity index (χ1v) is 9.40. The van der Waals surface area contributed by atoms with E-state index in [1.165, 1.54) is 6.07 Å². The average molecular weight is 437 g/mol. The summed E-state index contributed by atoms with van der Waals surface area (Å²) in [7, 11) is -4.47. The van der Waals surface area contributed by atoms with E-state index in [2.05, 4.69) is 15.0 Å². The molecule has 7 nitrogen and oxygen atoms in total. The van der Waals surface area contributed by atoms with Crippen molar-refractivity contribution in [2.75, 3.05) is 24.2 Å². The third kappa shape index (κ3) is 11.6. The highest BCUT2D eigenvalue weighted by Crippen LogP contribution is 2.18. The van der Waals surface area contributed by atoms with Crippen LogP contribution in [0.15, 0.2) is 18.3 Å². The molecule has 0 fully saturated rings. The second kappa shape index (κ2) is 9.91. The number of nitrogens with one attached hydrogen (secondary N) is 2. The first-order chi connectivity index (χ1) is 12.8. The summed E-state index contributed by atoms with van der Waals surface area (Å²) in [4.78, 5) is 15.3. The van der Waals surface area contributed by atoms with Crippen LogP contribution in [0.25, 0.3) is 0 Å². The molecule has 0 atom stereocenters. The van der Waals surface area contributed by atoms with Gasteiger partial charge in [0.05, 0.1) is 11.9 Å². The van der Waals surface area contributed by atoms with Crippen molar-refractivity contribution in [2.24, 2.45) is 0 Å². The van der Waals surface area contributed by atoms with E-state index in [0.717, 1.165) is 12.3 Å². The zero-order valence-electron chi connectivity index (χ0n) is 14.2. The van der Waals surface area contributed by atoms with Crippen LogP contribution in [0.5, 0.6) is 5.88 Å². The van der Waals surface area contributed by atoms with Gasteiger partial charge in [-0.25, -0.2) is 18.1 Å². The van der Waals surface area contributed by atoms with Gasteiger partial charge < -0.3 is 10.1 Å². The Kier molecular flexibility index (Phi) is 8.48. The predicted octanol–water partition coefficient (Wildman–Crippen LogP) is 2.61. The van der Waals surface area contributed by atoms with E-state index in [1.54, 1.807) is 4.72 Å². The number of rotatable bonds is 10. The molecule has 1 heterocycles. The summed E-state index contributed by atoms with van der Waals surface area (Å²) in [6.07, 6.45) is -7.97.